The van der Waals surface area contributed by atoms with Crippen LogP contribution in [0.25, 0.3) is 0 Å². The van der Waals surface area contributed by atoms with Crippen LogP contribution in [-0.4, -0.2) is 12.6 Å². The molecule has 15 heavy (non-hydrogen) atoms. The maximum atomic E-state index is 3.45. The van der Waals surface area contributed by atoms with Crippen LogP contribution >= 0.6 is 0 Å². The van der Waals surface area contributed by atoms with Crippen molar-refractivity contribution in [2.24, 2.45) is 0 Å². The molecule has 1 N–H and O–H groups in total. The first-order valence-corrected chi connectivity index (χ1v) is 5.58. The Labute approximate surface area is 91.9 Å². The van der Waals surface area contributed by atoms with E-state index >= 15 is 0 Å². The van der Waals surface area contributed by atoms with Gasteiger partial charge >= 0.3 is 0 Å². The Morgan fingerprint density at radius 2 is 2.00 bits per heavy atom. The van der Waals surface area contributed by atoms with Crippen LogP contribution in [0.15, 0.2) is 30.3 Å². The number of hydrogen-bond donors (Lipinski definition) is 1. The van der Waals surface area contributed by atoms with E-state index in [0.717, 1.165) is 12.5 Å². The van der Waals surface area contributed by atoms with Gasteiger partial charge in [-0.25, -0.2) is 0 Å². The Hall–Kier alpha value is -1.26. The highest BCUT2D eigenvalue weighted by atomic mass is 14.9. The van der Waals surface area contributed by atoms with Gasteiger partial charge in [0.25, 0.3) is 0 Å². The SMILES string of the molecule is CC#CCNC1CC(c2ccccc2)C1. The van der Waals surface area contributed by atoms with Crippen LogP contribution < -0.4 is 5.32 Å². The zero-order valence-corrected chi connectivity index (χ0v) is 9.16. The standard InChI is InChI=1S/C14H17N/c1-2-3-9-15-14-10-13(11-14)12-7-5-4-6-8-12/h4-8,13-15H,9-11H2,1H3. The quantitative estimate of drug-likeness (QED) is 0.738. The van der Waals surface area contributed by atoms with E-state index in [-0.39, 0.29) is 0 Å². The lowest BCUT2D eigenvalue weighted by atomic mass is 9.76. The van der Waals surface area contributed by atoms with E-state index in [4.69, 9.17) is 0 Å². The third kappa shape index (κ3) is 2.61. The normalized spacial score (nSPS) is 23.8. The monoisotopic (exact) mass is 199 g/mol. The molecule has 1 saturated carbocycles. The molecule has 0 heterocycles. The van der Waals surface area contributed by atoms with E-state index in [1.54, 1.807) is 0 Å². The molecule has 0 aliphatic heterocycles. The maximum Gasteiger partial charge on any atom is 0.0578 e. The van der Waals surface area contributed by atoms with Gasteiger partial charge in [-0.15, -0.1) is 5.92 Å². The predicted molar refractivity (Wildman–Crippen MR) is 63.7 cm³/mol. The molecule has 0 amide bonds. The third-order valence-electron chi connectivity index (χ3n) is 3.06. The second kappa shape index (κ2) is 5.00. The number of hydrogen-bond acceptors (Lipinski definition) is 1. The summed E-state index contributed by atoms with van der Waals surface area (Å²) >= 11 is 0. The summed E-state index contributed by atoms with van der Waals surface area (Å²) in [5.74, 6) is 6.70. The van der Waals surface area contributed by atoms with Gasteiger partial charge in [-0.2, -0.15) is 0 Å². The first-order valence-electron chi connectivity index (χ1n) is 5.58. The van der Waals surface area contributed by atoms with Crippen LogP contribution in [-0.2, 0) is 0 Å². The second-order valence-electron chi connectivity index (χ2n) is 4.08. The minimum absolute atomic E-state index is 0.677. The van der Waals surface area contributed by atoms with Crippen LogP contribution in [0.5, 0.6) is 0 Å². The van der Waals surface area contributed by atoms with Gasteiger partial charge in [0.15, 0.2) is 0 Å². The van der Waals surface area contributed by atoms with Crippen molar-refractivity contribution >= 4 is 0 Å². The molecule has 1 aromatic rings. The lowest BCUT2D eigenvalue weighted by Gasteiger charge is -2.36. The van der Waals surface area contributed by atoms with E-state index in [9.17, 15) is 0 Å². The number of benzene rings is 1. The molecular weight excluding hydrogens is 182 g/mol. The van der Waals surface area contributed by atoms with E-state index in [1.807, 2.05) is 6.92 Å². The molecule has 0 radical (unpaired) electrons. The van der Waals surface area contributed by atoms with Crippen molar-refractivity contribution < 1.29 is 0 Å². The van der Waals surface area contributed by atoms with E-state index in [2.05, 4.69) is 47.5 Å². The molecule has 2 rings (SSSR count). The van der Waals surface area contributed by atoms with Crippen LogP contribution in [0, 0.1) is 11.8 Å². The van der Waals surface area contributed by atoms with E-state index in [1.165, 1.54) is 18.4 Å². The predicted octanol–water partition coefficient (Wildman–Crippen LogP) is 2.55. The molecule has 0 unspecified atom stereocenters. The number of rotatable bonds is 3. The second-order valence-corrected chi connectivity index (χ2v) is 4.08. The molecule has 1 aromatic carbocycles. The Morgan fingerprint density at radius 3 is 2.67 bits per heavy atom. The average Bonchev–Trinajstić information content (AvgIpc) is 2.23. The lowest BCUT2D eigenvalue weighted by molar-refractivity contribution is 0.301. The van der Waals surface area contributed by atoms with Gasteiger partial charge in [0.05, 0.1) is 6.54 Å². The summed E-state index contributed by atoms with van der Waals surface area (Å²) in [6, 6.07) is 11.5. The van der Waals surface area contributed by atoms with E-state index in [0.29, 0.717) is 6.04 Å². The van der Waals surface area contributed by atoms with E-state index < -0.39 is 0 Å². The molecule has 0 bridgehead atoms. The highest BCUT2D eigenvalue weighted by molar-refractivity contribution is 5.22. The first kappa shape index (κ1) is 10.3. The molecule has 0 atom stereocenters. The van der Waals surface area contributed by atoms with Crippen molar-refractivity contribution in [3.63, 3.8) is 0 Å². The molecular formula is C14H17N. The van der Waals surface area contributed by atoms with Gasteiger partial charge < -0.3 is 5.32 Å². The Bertz CT molecular complexity index is 352. The summed E-state index contributed by atoms with van der Waals surface area (Å²) in [5.41, 5.74) is 1.48. The Kier molecular flexibility index (Phi) is 3.42. The molecule has 1 nitrogen and oxygen atoms in total. The number of nitrogens with one attached hydrogen (secondary N) is 1. The van der Waals surface area contributed by atoms with Gasteiger partial charge in [0.2, 0.25) is 0 Å². The summed E-state index contributed by atoms with van der Waals surface area (Å²) < 4.78 is 0. The summed E-state index contributed by atoms with van der Waals surface area (Å²) in [4.78, 5) is 0. The van der Waals surface area contributed by atoms with Crippen molar-refractivity contribution in [1.29, 1.82) is 0 Å². The largest absolute Gasteiger partial charge is 0.303 e. The highest BCUT2D eigenvalue weighted by Crippen LogP contribution is 2.36. The molecule has 1 heteroatoms. The molecule has 0 spiro atoms. The van der Waals surface area contributed by atoms with Crippen molar-refractivity contribution in [1.82, 2.24) is 5.32 Å². The van der Waals surface area contributed by atoms with Crippen LogP contribution in [0.3, 0.4) is 0 Å². The smallest absolute Gasteiger partial charge is 0.0578 e. The lowest BCUT2D eigenvalue weighted by Crippen LogP contribution is -2.40. The summed E-state index contributed by atoms with van der Waals surface area (Å²) in [5, 5.41) is 3.45. The van der Waals surface area contributed by atoms with Gasteiger partial charge in [0.1, 0.15) is 0 Å². The Morgan fingerprint density at radius 1 is 1.27 bits per heavy atom. The molecule has 0 aromatic heterocycles. The first-order chi connectivity index (χ1) is 7.40. The third-order valence-corrected chi connectivity index (χ3v) is 3.06. The summed E-state index contributed by atoms with van der Waals surface area (Å²) in [6.45, 7) is 2.72. The molecule has 1 fully saturated rings. The van der Waals surface area contributed by atoms with Gasteiger partial charge in [0, 0.05) is 6.04 Å². The molecule has 1 aliphatic carbocycles. The summed E-state index contributed by atoms with van der Waals surface area (Å²) in [6.07, 6.45) is 2.52. The topological polar surface area (TPSA) is 12.0 Å². The highest BCUT2D eigenvalue weighted by Gasteiger charge is 2.29. The fraction of sp³-hybridized carbons (Fsp3) is 0.429. The fourth-order valence-electron chi connectivity index (χ4n) is 2.07. The van der Waals surface area contributed by atoms with Crippen molar-refractivity contribution in [3.05, 3.63) is 35.9 Å². The zero-order valence-electron chi connectivity index (χ0n) is 9.16. The van der Waals surface area contributed by atoms with Gasteiger partial charge in [-0.05, 0) is 31.2 Å². The molecule has 78 valence electrons. The van der Waals surface area contributed by atoms with Crippen LogP contribution in [0.1, 0.15) is 31.2 Å². The molecule has 0 saturated heterocycles. The van der Waals surface area contributed by atoms with Crippen molar-refractivity contribution in [2.45, 2.75) is 31.7 Å². The van der Waals surface area contributed by atoms with Gasteiger partial charge in [-0.1, -0.05) is 36.3 Å². The Balaban J connectivity index is 1.76. The maximum absolute atomic E-state index is 3.45. The molecule has 1 aliphatic rings. The minimum atomic E-state index is 0.677. The minimum Gasteiger partial charge on any atom is -0.303 e. The fourth-order valence-corrected chi connectivity index (χ4v) is 2.07. The zero-order chi connectivity index (χ0) is 10.5. The van der Waals surface area contributed by atoms with Crippen molar-refractivity contribution in [2.75, 3.05) is 6.54 Å². The summed E-state index contributed by atoms with van der Waals surface area (Å²) in [7, 11) is 0. The average molecular weight is 199 g/mol. The van der Waals surface area contributed by atoms with Crippen LogP contribution in [0.2, 0.25) is 0 Å². The van der Waals surface area contributed by atoms with Crippen LogP contribution in [0.4, 0.5) is 0 Å². The van der Waals surface area contributed by atoms with Crippen molar-refractivity contribution in [3.8, 4) is 11.8 Å². The van der Waals surface area contributed by atoms with Gasteiger partial charge in [-0.3, -0.25) is 0 Å².